The van der Waals surface area contributed by atoms with Crippen molar-refractivity contribution in [1.82, 2.24) is 15.1 Å². The molecule has 0 aromatic heterocycles. The van der Waals surface area contributed by atoms with Gasteiger partial charge in [0.25, 0.3) is 0 Å². The first kappa shape index (κ1) is 15.9. The van der Waals surface area contributed by atoms with Crippen LogP contribution in [0, 0.1) is 0 Å². The van der Waals surface area contributed by atoms with Crippen LogP contribution in [0.4, 0.5) is 0 Å². The summed E-state index contributed by atoms with van der Waals surface area (Å²) < 4.78 is 0. The minimum atomic E-state index is -0.839. The van der Waals surface area contributed by atoms with Gasteiger partial charge < -0.3 is 15.5 Å². The van der Waals surface area contributed by atoms with E-state index in [9.17, 15) is 9.59 Å². The summed E-state index contributed by atoms with van der Waals surface area (Å²) in [6, 6.07) is 0. The van der Waals surface area contributed by atoms with Crippen LogP contribution in [0.2, 0.25) is 0 Å². The predicted molar refractivity (Wildman–Crippen MR) is 69.8 cm³/mol. The number of nitrogens with zero attached hydrogens (tertiary/aromatic N) is 2. The van der Waals surface area contributed by atoms with Crippen molar-refractivity contribution in [2.24, 2.45) is 0 Å². The van der Waals surface area contributed by atoms with Crippen LogP contribution in [-0.2, 0) is 9.59 Å². The third kappa shape index (κ3) is 7.09. The minimum Gasteiger partial charge on any atom is -0.481 e. The van der Waals surface area contributed by atoms with Crippen molar-refractivity contribution in [3.63, 3.8) is 0 Å². The van der Waals surface area contributed by atoms with E-state index in [1.807, 2.05) is 0 Å². The van der Waals surface area contributed by atoms with Crippen LogP contribution in [0.5, 0.6) is 0 Å². The third-order valence-electron chi connectivity index (χ3n) is 3.14. The van der Waals surface area contributed by atoms with E-state index < -0.39 is 5.97 Å². The fourth-order valence-electron chi connectivity index (χ4n) is 2.04. The molecule has 0 atom stereocenters. The molecule has 1 saturated heterocycles. The van der Waals surface area contributed by atoms with Gasteiger partial charge in [0.05, 0.1) is 13.2 Å². The highest BCUT2D eigenvalue weighted by Crippen LogP contribution is 2.00. The number of carbonyl (C=O) groups is 2. The summed E-state index contributed by atoms with van der Waals surface area (Å²) in [5.74, 6) is -0.893. The smallest absolute Gasteiger partial charge is 0.303 e. The molecule has 0 aromatic carbocycles. The Morgan fingerprint density at radius 1 is 1.11 bits per heavy atom. The average Bonchev–Trinajstić information content (AvgIpc) is 2.37. The van der Waals surface area contributed by atoms with Crippen molar-refractivity contribution < 1.29 is 19.8 Å². The molecule has 1 rings (SSSR count). The number of hydrogen-bond donors (Lipinski definition) is 3. The van der Waals surface area contributed by atoms with E-state index in [1.165, 1.54) is 0 Å². The average molecular weight is 273 g/mol. The molecule has 0 unspecified atom stereocenters. The van der Waals surface area contributed by atoms with Gasteiger partial charge in [0.2, 0.25) is 5.91 Å². The molecule has 0 spiro atoms. The van der Waals surface area contributed by atoms with E-state index in [-0.39, 0.29) is 18.9 Å². The van der Waals surface area contributed by atoms with Crippen molar-refractivity contribution in [2.45, 2.75) is 12.8 Å². The lowest BCUT2D eigenvalue weighted by atomic mass is 10.3. The van der Waals surface area contributed by atoms with Crippen LogP contribution in [0.3, 0.4) is 0 Å². The minimum absolute atomic E-state index is 0.0546. The molecule has 1 heterocycles. The number of aliphatic hydroxyl groups is 1. The van der Waals surface area contributed by atoms with Crippen LogP contribution in [0.15, 0.2) is 0 Å². The summed E-state index contributed by atoms with van der Waals surface area (Å²) in [6.07, 6.45) is 0.547. The molecule has 1 fully saturated rings. The first-order valence-electron chi connectivity index (χ1n) is 6.66. The van der Waals surface area contributed by atoms with E-state index in [2.05, 4.69) is 15.1 Å². The van der Waals surface area contributed by atoms with Crippen LogP contribution < -0.4 is 5.32 Å². The number of nitrogens with one attached hydrogen (secondary N) is 1. The fraction of sp³-hybridized carbons (Fsp3) is 0.833. The fourth-order valence-corrected chi connectivity index (χ4v) is 2.04. The Balaban J connectivity index is 2.08. The second kappa shape index (κ2) is 8.84. The Hall–Kier alpha value is -1.18. The molecule has 0 bridgehead atoms. The quantitative estimate of drug-likeness (QED) is 0.470. The second-order valence-electron chi connectivity index (χ2n) is 4.69. The lowest BCUT2D eigenvalue weighted by Crippen LogP contribution is -2.50. The maximum absolute atomic E-state index is 11.6. The van der Waals surface area contributed by atoms with E-state index in [4.69, 9.17) is 10.2 Å². The molecular formula is C12H23N3O4. The third-order valence-corrected chi connectivity index (χ3v) is 3.14. The lowest BCUT2D eigenvalue weighted by Gasteiger charge is -2.33. The number of aliphatic carboxylic acids is 1. The molecule has 1 aliphatic rings. The molecule has 0 radical (unpaired) electrons. The Morgan fingerprint density at radius 2 is 1.74 bits per heavy atom. The topological polar surface area (TPSA) is 93.1 Å². The van der Waals surface area contributed by atoms with E-state index in [0.29, 0.717) is 26.1 Å². The molecule has 1 aliphatic heterocycles. The highest BCUT2D eigenvalue weighted by atomic mass is 16.4. The number of carbonyl (C=O) groups excluding carboxylic acids is 1. The SMILES string of the molecule is O=C(O)CCCNC(=O)CN1CCN(CCO)CC1. The standard InChI is InChI=1S/C12H23N3O4/c16-9-8-14-4-6-15(7-5-14)10-11(17)13-3-1-2-12(18)19/h16H,1-10H2,(H,13,17)(H,18,19). The number of aliphatic hydroxyl groups excluding tert-OH is 1. The highest BCUT2D eigenvalue weighted by Gasteiger charge is 2.18. The Bertz CT molecular complexity index is 291. The van der Waals surface area contributed by atoms with Crippen molar-refractivity contribution >= 4 is 11.9 Å². The number of β-amino-alcohol motifs (C(OH)–C–C–N with tert-alkyl or cyclic N) is 1. The molecule has 19 heavy (non-hydrogen) atoms. The summed E-state index contributed by atoms with van der Waals surface area (Å²) in [7, 11) is 0. The zero-order valence-electron chi connectivity index (χ0n) is 11.2. The molecule has 7 nitrogen and oxygen atoms in total. The highest BCUT2D eigenvalue weighted by molar-refractivity contribution is 5.78. The molecule has 7 heteroatoms. The summed E-state index contributed by atoms with van der Waals surface area (Å²) in [4.78, 5) is 26.1. The van der Waals surface area contributed by atoms with Gasteiger partial charge >= 0.3 is 5.97 Å². The normalized spacial score (nSPS) is 17.3. The number of rotatable bonds is 8. The molecule has 3 N–H and O–H groups in total. The number of carboxylic acid groups (broad SMARTS) is 1. The number of piperazine rings is 1. The summed E-state index contributed by atoms with van der Waals surface area (Å²) in [5.41, 5.74) is 0. The Labute approximate surface area is 113 Å². The summed E-state index contributed by atoms with van der Waals surface area (Å²) in [5, 5.41) is 20.0. The van der Waals surface area contributed by atoms with Gasteiger partial charge in [-0.15, -0.1) is 0 Å². The first-order chi connectivity index (χ1) is 9.11. The first-order valence-corrected chi connectivity index (χ1v) is 6.66. The Kier molecular flexibility index (Phi) is 7.39. The summed E-state index contributed by atoms with van der Waals surface area (Å²) >= 11 is 0. The van der Waals surface area contributed by atoms with Gasteiger partial charge in [-0.25, -0.2) is 0 Å². The van der Waals surface area contributed by atoms with Crippen molar-refractivity contribution in [3.8, 4) is 0 Å². The largest absolute Gasteiger partial charge is 0.481 e. The molecule has 110 valence electrons. The maximum Gasteiger partial charge on any atom is 0.303 e. The number of amides is 1. The zero-order chi connectivity index (χ0) is 14.1. The number of hydrogen-bond acceptors (Lipinski definition) is 5. The maximum atomic E-state index is 11.6. The van der Waals surface area contributed by atoms with Crippen LogP contribution >= 0.6 is 0 Å². The molecule has 0 saturated carbocycles. The number of carboxylic acids is 1. The molecule has 0 aliphatic carbocycles. The second-order valence-corrected chi connectivity index (χ2v) is 4.69. The van der Waals surface area contributed by atoms with Gasteiger partial charge in [0, 0.05) is 45.7 Å². The van der Waals surface area contributed by atoms with Gasteiger partial charge in [-0.2, -0.15) is 0 Å². The van der Waals surface area contributed by atoms with Crippen molar-refractivity contribution in [3.05, 3.63) is 0 Å². The van der Waals surface area contributed by atoms with Crippen LogP contribution in [-0.4, -0.2) is 84.3 Å². The van der Waals surface area contributed by atoms with Gasteiger partial charge in [0.15, 0.2) is 0 Å². The van der Waals surface area contributed by atoms with Gasteiger partial charge in [-0.1, -0.05) is 0 Å². The molecule has 0 aromatic rings. The molecular weight excluding hydrogens is 250 g/mol. The van der Waals surface area contributed by atoms with Crippen molar-refractivity contribution in [1.29, 1.82) is 0 Å². The van der Waals surface area contributed by atoms with Crippen LogP contribution in [0.1, 0.15) is 12.8 Å². The molecule has 1 amide bonds. The van der Waals surface area contributed by atoms with Crippen LogP contribution in [0.25, 0.3) is 0 Å². The van der Waals surface area contributed by atoms with E-state index in [1.54, 1.807) is 0 Å². The van der Waals surface area contributed by atoms with Gasteiger partial charge in [0.1, 0.15) is 0 Å². The summed E-state index contributed by atoms with van der Waals surface area (Å²) in [6.45, 7) is 5.01. The van der Waals surface area contributed by atoms with E-state index in [0.717, 1.165) is 26.2 Å². The van der Waals surface area contributed by atoms with Gasteiger partial charge in [-0.3, -0.25) is 19.4 Å². The van der Waals surface area contributed by atoms with E-state index >= 15 is 0 Å². The monoisotopic (exact) mass is 273 g/mol. The predicted octanol–water partition coefficient (Wildman–Crippen LogP) is -1.42. The van der Waals surface area contributed by atoms with Crippen molar-refractivity contribution in [2.75, 3.05) is 52.4 Å². The van der Waals surface area contributed by atoms with Gasteiger partial charge in [-0.05, 0) is 6.42 Å². The Morgan fingerprint density at radius 3 is 2.32 bits per heavy atom. The lowest BCUT2D eigenvalue weighted by molar-refractivity contribution is -0.137. The zero-order valence-corrected chi connectivity index (χ0v) is 11.2.